The van der Waals surface area contributed by atoms with E-state index in [1.54, 1.807) is 29.5 Å². The SMILES string of the molecule is C[C@@H](NC(=O)c1cccc(OC2CCN(S(C)(=O)=O)CC2)c1)c1cccs1. The van der Waals surface area contributed by atoms with Crippen LogP contribution in [0.1, 0.15) is 41.0 Å². The summed E-state index contributed by atoms with van der Waals surface area (Å²) in [5.41, 5.74) is 0.546. The Labute approximate surface area is 164 Å². The molecule has 1 aliphatic heterocycles. The number of piperidine rings is 1. The summed E-state index contributed by atoms with van der Waals surface area (Å²) in [4.78, 5) is 13.6. The van der Waals surface area contributed by atoms with Gasteiger partial charge in [0.1, 0.15) is 11.9 Å². The molecule has 1 aromatic heterocycles. The molecule has 0 aliphatic carbocycles. The number of nitrogens with zero attached hydrogens (tertiary/aromatic N) is 1. The Kier molecular flexibility index (Phi) is 6.18. The second-order valence-corrected chi connectivity index (χ2v) is 9.68. The van der Waals surface area contributed by atoms with Crippen molar-refractivity contribution in [2.24, 2.45) is 0 Å². The van der Waals surface area contributed by atoms with E-state index in [2.05, 4.69) is 5.32 Å². The van der Waals surface area contributed by atoms with E-state index >= 15 is 0 Å². The van der Waals surface area contributed by atoms with Crippen molar-refractivity contribution in [3.8, 4) is 5.75 Å². The number of thiophene rings is 1. The van der Waals surface area contributed by atoms with E-state index < -0.39 is 10.0 Å². The van der Waals surface area contributed by atoms with E-state index in [9.17, 15) is 13.2 Å². The van der Waals surface area contributed by atoms with Crippen molar-refractivity contribution >= 4 is 27.3 Å². The molecule has 0 bridgehead atoms. The first kappa shape index (κ1) is 19.9. The normalized spacial score (nSPS) is 17.4. The third-order valence-electron chi connectivity index (χ3n) is 4.59. The highest BCUT2D eigenvalue weighted by Crippen LogP contribution is 2.22. The van der Waals surface area contributed by atoms with E-state index in [1.807, 2.05) is 30.5 Å². The summed E-state index contributed by atoms with van der Waals surface area (Å²) in [5.74, 6) is 0.484. The lowest BCUT2D eigenvalue weighted by Crippen LogP contribution is -2.41. The Bertz CT molecular complexity index is 873. The fourth-order valence-corrected chi connectivity index (χ4v) is 4.68. The van der Waals surface area contributed by atoms with Gasteiger partial charge in [-0.2, -0.15) is 0 Å². The minimum atomic E-state index is -3.14. The van der Waals surface area contributed by atoms with Gasteiger partial charge in [-0.1, -0.05) is 12.1 Å². The average Bonchev–Trinajstić information content (AvgIpc) is 3.16. The quantitative estimate of drug-likeness (QED) is 0.797. The molecule has 0 saturated carbocycles. The summed E-state index contributed by atoms with van der Waals surface area (Å²) in [5, 5.41) is 4.98. The molecule has 0 spiro atoms. The summed E-state index contributed by atoms with van der Waals surface area (Å²) in [6.45, 7) is 2.88. The summed E-state index contributed by atoms with van der Waals surface area (Å²) in [6.07, 6.45) is 2.46. The van der Waals surface area contributed by atoms with E-state index in [0.29, 0.717) is 37.2 Å². The molecule has 3 rings (SSSR count). The number of hydrogen-bond donors (Lipinski definition) is 1. The Morgan fingerprint density at radius 1 is 1.26 bits per heavy atom. The molecular formula is C19H24N2O4S2. The van der Waals surface area contributed by atoms with Crippen molar-refractivity contribution in [1.82, 2.24) is 9.62 Å². The van der Waals surface area contributed by atoms with Gasteiger partial charge in [0, 0.05) is 23.5 Å². The third-order valence-corrected chi connectivity index (χ3v) is 6.94. The maximum atomic E-state index is 12.5. The second-order valence-electron chi connectivity index (χ2n) is 6.72. The standard InChI is InChI=1S/C19H24N2O4S2/c1-14(18-7-4-12-26-18)20-19(22)15-5-3-6-17(13-15)25-16-8-10-21(11-9-16)27(2,23)24/h3-7,12-14,16H,8-11H2,1-2H3,(H,20,22)/t14-/m1/s1. The minimum Gasteiger partial charge on any atom is -0.490 e. The predicted molar refractivity (Wildman–Crippen MR) is 107 cm³/mol. The second kappa shape index (κ2) is 8.41. The van der Waals surface area contributed by atoms with Crippen LogP contribution in [-0.2, 0) is 10.0 Å². The molecule has 6 nitrogen and oxygen atoms in total. The molecule has 2 aromatic rings. The lowest BCUT2D eigenvalue weighted by atomic mass is 10.1. The number of benzene rings is 1. The molecule has 0 unspecified atom stereocenters. The summed E-state index contributed by atoms with van der Waals surface area (Å²) < 4.78 is 30.6. The maximum Gasteiger partial charge on any atom is 0.251 e. The molecule has 1 aliphatic rings. The molecule has 8 heteroatoms. The Morgan fingerprint density at radius 3 is 2.63 bits per heavy atom. The first-order chi connectivity index (χ1) is 12.8. The topological polar surface area (TPSA) is 75.7 Å². The number of carbonyl (C=O) groups excluding carboxylic acids is 1. The maximum absolute atomic E-state index is 12.5. The van der Waals surface area contributed by atoms with Crippen molar-refractivity contribution in [3.05, 3.63) is 52.2 Å². The molecule has 1 saturated heterocycles. The van der Waals surface area contributed by atoms with Crippen molar-refractivity contribution in [2.75, 3.05) is 19.3 Å². The van der Waals surface area contributed by atoms with Gasteiger partial charge in [-0.25, -0.2) is 12.7 Å². The van der Waals surface area contributed by atoms with Gasteiger partial charge in [0.05, 0.1) is 12.3 Å². The number of sulfonamides is 1. The zero-order valence-corrected chi connectivity index (χ0v) is 17.1. The first-order valence-electron chi connectivity index (χ1n) is 8.89. The lowest BCUT2D eigenvalue weighted by Gasteiger charge is -2.30. The van der Waals surface area contributed by atoms with Crippen molar-refractivity contribution in [1.29, 1.82) is 0 Å². The van der Waals surface area contributed by atoms with Crippen LogP contribution in [0, 0.1) is 0 Å². The monoisotopic (exact) mass is 408 g/mol. The lowest BCUT2D eigenvalue weighted by molar-refractivity contribution is 0.0938. The summed E-state index contributed by atoms with van der Waals surface area (Å²) in [7, 11) is -3.14. The number of ether oxygens (including phenoxy) is 1. The molecular weight excluding hydrogens is 384 g/mol. The smallest absolute Gasteiger partial charge is 0.251 e. The largest absolute Gasteiger partial charge is 0.490 e. The highest BCUT2D eigenvalue weighted by Gasteiger charge is 2.26. The molecule has 146 valence electrons. The zero-order chi connectivity index (χ0) is 19.4. The molecule has 0 radical (unpaired) electrons. The fourth-order valence-electron chi connectivity index (χ4n) is 3.07. The van der Waals surface area contributed by atoms with Gasteiger partial charge in [-0.15, -0.1) is 11.3 Å². The predicted octanol–water partition coefficient (Wildman–Crippen LogP) is 3.04. The average molecular weight is 409 g/mol. The van der Waals surface area contributed by atoms with Crippen LogP contribution < -0.4 is 10.1 Å². The molecule has 1 fully saturated rings. The Morgan fingerprint density at radius 2 is 2.00 bits per heavy atom. The molecule has 1 atom stereocenters. The summed E-state index contributed by atoms with van der Waals surface area (Å²) >= 11 is 1.61. The molecule has 27 heavy (non-hydrogen) atoms. The van der Waals surface area contributed by atoms with Gasteiger partial charge in [0.25, 0.3) is 5.91 Å². The highest BCUT2D eigenvalue weighted by molar-refractivity contribution is 7.88. The van der Waals surface area contributed by atoms with Crippen molar-refractivity contribution in [2.45, 2.75) is 31.9 Å². The number of rotatable bonds is 6. The van der Waals surface area contributed by atoms with Gasteiger partial charge in [0.2, 0.25) is 10.0 Å². The van der Waals surface area contributed by atoms with Crippen molar-refractivity contribution in [3.63, 3.8) is 0 Å². The zero-order valence-electron chi connectivity index (χ0n) is 15.4. The van der Waals surface area contributed by atoms with Crippen LogP contribution in [0.25, 0.3) is 0 Å². The molecule has 2 heterocycles. The van der Waals surface area contributed by atoms with Gasteiger partial charge in [-0.3, -0.25) is 4.79 Å². The van der Waals surface area contributed by atoms with E-state index in [4.69, 9.17) is 4.74 Å². The molecule has 1 aromatic carbocycles. The Hall–Kier alpha value is -1.90. The first-order valence-corrected chi connectivity index (χ1v) is 11.6. The van der Waals surface area contributed by atoms with Crippen LogP contribution >= 0.6 is 11.3 Å². The van der Waals surface area contributed by atoms with Gasteiger partial charge in [0.15, 0.2) is 0 Å². The number of carbonyl (C=O) groups is 1. The van der Waals surface area contributed by atoms with Crippen LogP contribution in [-0.4, -0.2) is 44.1 Å². The third kappa shape index (κ3) is 5.31. The number of nitrogens with one attached hydrogen (secondary N) is 1. The summed E-state index contributed by atoms with van der Waals surface area (Å²) in [6, 6.07) is 11.0. The fraction of sp³-hybridized carbons (Fsp3) is 0.421. The van der Waals surface area contributed by atoms with Crippen molar-refractivity contribution < 1.29 is 17.9 Å². The van der Waals surface area contributed by atoms with Gasteiger partial charge < -0.3 is 10.1 Å². The van der Waals surface area contributed by atoms with E-state index in [0.717, 1.165) is 4.88 Å². The van der Waals surface area contributed by atoms with Crippen LogP contribution in [0.15, 0.2) is 41.8 Å². The van der Waals surface area contributed by atoms with Gasteiger partial charge >= 0.3 is 0 Å². The molecule has 1 amide bonds. The van der Waals surface area contributed by atoms with Crippen LogP contribution in [0.2, 0.25) is 0 Å². The highest BCUT2D eigenvalue weighted by atomic mass is 32.2. The van der Waals surface area contributed by atoms with Crippen LogP contribution in [0.3, 0.4) is 0 Å². The number of amides is 1. The van der Waals surface area contributed by atoms with Gasteiger partial charge in [-0.05, 0) is 49.4 Å². The van der Waals surface area contributed by atoms with Crippen LogP contribution in [0.5, 0.6) is 5.75 Å². The minimum absolute atomic E-state index is 0.0497. The van der Waals surface area contributed by atoms with E-state index in [1.165, 1.54) is 10.6 Å². The number of hydrogen-bond acceptors (Lipinski definition) is 5. The van der Waals surface area contributed by atoms with E-state index in [-0.39, 0.29) is 18.1 Å². The van der Waals surface area contributed by atoms with Crippen LogP contribution in [0.4, 0.5) is 0 Å². The Balaban J connectivity index is 1.58. The molecule has 1 N–H and O–H groups in total.